The molecule has 0 saturated carbocycles. The van der Waals surface area contributed by atoms with Crippen molar-refractivity contribution in [3.8, 4) is 0 Å². The SMILES string of the molecule is CCC1(C)CSC(Nc2ccc(C)c(N(C)C)c2)=N1. The van der Waals surface area contributed by atoms with Gasteiger partial charge in [-0.25, -0.2) is 0 Å². The zero-order valence-electron chi connectivity index (χ0n) is 12.4. The minimum Gasteiger partial charge on any atom is -0.377 e. The minimum atomic E-state index is 0.0993. The van der Waals surface area contributed by atoms with Crippen molar-refractivity contribution in [2.45, 2.75) is 32.7 Å². The number of thioether (sulfide) groups is 1. The molecule has 1 aliphatic rings. The third kappa shape index (κ3) is 3.24. The van der Waals surface area contributed by atoms with Crippen LogP contribution < -0.4 is 10.2 Å². The Balaban J connectivity index is 2.17. The van der Waals surface area contributed by atoms with Crippen molar-refractivity contribution < 1.29 is 0 Å². The molecular weight excluding hydrogens is 254 g/mol. The summed E-state index contributed by atoms with van der Waals surface area (Å²) in [4.78, 5) is 6.92. The average molecular weight is 277 g/mol. The van der Waals surface area contributed by atoms with Crippen LogP contribution in [0.15, 0.2) is 23.2 Å². The Bertz CT molecular complexity index is 496. The van der Waals surface area contributed by atoms with E-state index in [1.165, 1.54) is 11.3 Å². The van der Waals surface area contributed by atoms with Gasteiger partial charge in [-0.3, -0.25) is 4.99 Å². The molecule has 1 aromatic rings. The van der Waals surface area contributed by atoms with Crippen LogP contribution in [0.25, 0.3) is 0 Å². The van der Waals surface area contributed by atoms with E-state index in [2.05, 4.69) is 63.3 Å². The molecule has 0 aromatic heterocycles. The average Bonchev–Trinajstić information content (AvgIpc) is 2.74. The van der Waals surface area contributed by atoms with Gasteiger partial charge < -0.3 is 10.2 Å². The maximum atomic E-state index is 4.79. The Morgan fingerprint density at radius 2 is 2.16 bits per heavy atom. The van der Waals surface area contributed by atoms with Gasteiger partial charge in [-0.05, 0) is 38.0 Å². The first-order chi connectivity index (χ1) is 8.93. The van der Waals surface area contributed by atoms with Gasteiger partial charge in [0.1, 0.15) is 0 Å². The highest BCUT2D eigenvalue weighted by Crippen LogP contribution is 2.31. The van der Waals surface area contributed by atoms with Crippen LogP contribution in [-0.2, 0) is 0 Å². The zero-order chi connectivity index (χ0) is 14.0. The normalized spacial score (nSPS) is 22.3. The summed E-state index contributed by atoms with van der Waals surface area (Å²) >= 11 is 1.81. The van der Waals surface area contributed by atoms with Crippen LogP contribution in [0.1, 0.15) is 25.8 Å². The van der Waals surface area contributed by atoms with E-state index >= 15 is 0 Å². The van der Waals surface area contributed by atoms with Crippen LogP contribution in [0.2, 0.25) is 0 Å². The van der Waals surface area contributed by atoms with Crippen molar-refractivity contribution in [2.75, 3.05) is 30.1 Å². The first-order valence-electron chi connectivity index (χ1n) is 6.71. The Labute approximate surface area is 120 Å². The smallest absolute Gasteiger partial charge is 0.161 e. The molecule has 0 aliphatic carbocycles. The monoisotopic (exact) mass is 277 g/mol. The maximum absolute atomic E-state index is 4.79. The second-order valence-electron chi connectivity index (χ2n) is 5.58. The van der Waals surface area contributed by atoms with E-state index in [-0.39, 0.29) is 5.54 Å². The Morgan fingerprint density at radius 1 is 1.42 bits per heavy atom. The Morgan fingerprint density at radius 3 is 2.74 bits per heavy atom. The summed E-state index contributed by atoms with van der Waals surface area (Å²) in [6.45, 7) is 6.55. The fraction of sp³-hybridized carbons (Fsp3) is 0.533. The molecule has 0 amide bonds. The van der Waals surface area contributed by atoms with Crippen molar-refractivity contribution in [3.63, 3.8) is 0 Å². The summed E-state index contributed by atoms with van der Waals surface area (Å²) in [5.41, 5.74) is 3.74. The quantitative estimate of drug-likeness (QED) is 0.912. The second kappa shape index (κ2) is 5.45. The fourth-order valence-corrected chi connectivity index (χ4v) is 3.26. The molecule has 3 nitrogen and oxygen atoms in total. The zero-order valence-corrected chi connectivity index (χ0v) is 13.3. The van der Waals surface area contributed by atoms with E-state index < -0.39 is 0 Å². The highest BCUT2D eigenvalue weighted by Gasteiger charge is 2.28. The lowest BCUT2D eigenvalue weighted by Gasteiger charge is -2.17. The van der Waals surface area contributed by atoms with Gasteiger partial charge >= 0.3 is 0 Å². The van der Waals surface area contributed by atoms with Gasteiger partial charge in [0.05, 0.1) is 5.54 Å². The summed E-state index contributed by atoms with van der Waals surface area (Å²) in [5.74, 6) is 1.07. The predicted molar refractivity (Wildman–Crippen MR) is 87.7 cm³/mol. The lowest BCUT2D eigenvalue weighted by Crippen LogP contribution is -2.20. The molecule has 0 fully saturated rings. The van der Waals surface area contributed by atoms with Crippen LogP contribution in [0.4, 0.5) is 11.4 Å². The number of hydrogen-bond donors (Lipinski definition) is 1. The van der Waals surface area contributed by atoms with Crippen LogP contribution >= 0.6 is 11.8 Å². The van der Waals surface area contributed by atoms with E-state index in [0.717, 1.165) is 23.0 Å². The number of aryl methyl sites for hydroxylation is 1. The lowest BCUT2D eigenvalue weighted by atomic mass is 10.0. The lowest BCUT2D eigenvalue weighted by molar-refractivity contribution is 0.523. The van der Waals surface area contributed by atoms with E-state index in [4.69, 9.17) is 4.99 Å². The standard InChI is InChI=1S/C15H23N3S/c1-6-15(3)10-19-14(17-15)16-12-8-7-11(2)13(9-12)18(4)5/h7-9H,6,10H2,1-5H3,(H,16,17). The first-order valence-corrected chi connectivity index (χ1v) is 7.70. The van der Waals surface area contributed by atoms with Gasteiger partial charge in [0, 0.05) is 31.2 Å². The summed E-state index contributed by atoms with van der Waals surface area (Å²) in [7, 11) is 4.14. The van der Waals surface area contributed by atoms with Crippen molar-refractivity contribution in [1.82, 2.24) is 0 Å². The maximum Gasteiger partial charge on any atom is 0.161 e. The number of nitrogens with one attached hydrogen (secondary N) is 1. The van der Waals surface area contributed by atoms with Gasteiger partial charge in [-0.2, -0.15) is 0 Å². The fourth-order valence-electron chi connectivity index (χ4n) is 2.07. The van der Waals surface area contributed by atoms with E-state index in [0.29, 0.717) is 0 Å². The highest BCUT2D eigenvalue weighted by molar-refractivity contribution is 8.14. The van der Waals surface area contributed by atoms with Crippen molar-refractivity contribution >= 4 is 28.3 Å². The molecule has 0 bridgehead atoms. The third-order valence-corrected chi connectivity index (χ3v) is 4.83. The number of aliphatic imine (C=N–C) groups is 1. The van der Waals surface area contributed by atoms with Gasteiger partial charge in [0.15, 0.2) is 5.17 Å². The molecule has 19 heavy (non-hydrogen) atoms. The number of nitrogens with zero attached hydrogens (tertiary/aromatic N) is 2. The topological polar surface area (TPSA) is 27.6 Å². The Hall–Kier alpha value is -1.16. The summed E-state index contributed by atoms with van der Waals surface area (Å²) in [6, 6.07) is 6.45. The molecule has 1 unspecified atom stereocenters. The molecule has 0 spiro atoms. The third-order valence-electron chi connectivity index (χ3n) is 3.60. The predicted octanol–water partition coefficient (Wildman–Crippen LogP) is 3.74. The molecule has 104 valence electrons. The molecule has 4 heteroatoms. The number of amidine groups is 1. The molecule has 1 N–H and O–H groups in total. The number of anilines is 2. The van der Waals surface area contributed by atoms with Crippen LogP contribution in [0.5, 0.6) is 0 Å². The van der Waals surface area contributed by atoms with Crippen LogP contribution in [0.3, 0.4) is 0 Å². The second-order valence-corrected chi connectivity index (χ2v) is 6.54. The van der Waals surface area contributed by atoms with Crippen molar-refractivity contribution in [1.29, 1.82) is 0 Å². The van der Waals surface area contributed by atoms with Crippen molar-refractivity contribution in [3.05, 3.63) is 23.8 Å². The van der Waals surface area contributed by atoms with Crippen LogP contribution in [0, 0.1) is 6.92 Å². The Kier molecular flexibility index (Phi) is 4.09. The number of benzene rings is 1. The molecule has 1 aromatic carbocycles. The van der Waals surface area contributed by atoms with Crippen LogP contribution in [-0.4, -0.2) is 30.6 Å². The summed E-state index contributed by atoms with van der Waals surface area (Å²) in [6.07, 6.45) is 1.09. The van der Waals surface area contributed by atoms with Crippen molar-refractivity contribution in [2.24, 2.45) is 4.99 Å². The number of rotatable bonds is 3. The largest absolute Gasteiger partial charge is 0.377 e. The summed E-state index contributed by atoms with van der Waals surface area (Å²) in [5, 5.41) is 4.48. The minimum absolute atomic E-state index is 0.0993. The number of hydrogen-bond acceptors (Lipinski definition) is 4. The highest BCUT2D eigenvalue weighted by atomic mass is 32.2. The molecule has 0 radical (unpaired) electrons. The molecule has 1 atom stereocenters. The van der Waals surface area contributed by atoms with Gasteiger partial charge in [-0.1, -0.05) is 24.8 Å². The van der Waals surface area contributed by atoms with E-state index in [1.807, 2.05) is 11.8 Å². The first kappa shape index (κ1) is 14.3. The van der Waals surface area contributed by atoms with E-state index in [9.17, 15) is 0 Å². The summed E-state index contributed by atoms with van der Waals surface area (Å²) < 4.78 is 0. The molecule has 0 saturated heterocycles. The van der Waals surface area contributed by atoms with Gasteiger partial charge in [0.2, 0.25) is 0 Å². The molecule has 1 heterocycles. The van der Waals surface area contributed by atoms with Gasteiger partial charge in [0.25, 0.3) is 0 Å². The van der Waals surface area contributed by atoms with Gasteiger partial charge in [-0.15, -0.1) is 0 Å². The molecular formula is C15H23N3S. The molecule has 1 aliphatic heterocycles. The van der Waals surface area contributed by atoms with E-state index in [1.54, 1.807) is 0 Å². The molecule has 2 rings (SSSR count).